The predicted octanol–water partition coefficient (Wildman–Crippen LogP) is 1.16. The fourth-order valence-corrected chi connectivity index (χ4v) is 2.02. The molecule has 0 radical (unpaired) electrons. The summed E-state index contributed by atoms with van der Waals surface area (Å²) >= 11 is 0. The molecule has 1 heterocycles. The van der Waals surface area contributed by atoms with Crippen molar-refractivity contribution < 1.29 is 4.79 Å². The molecular formula is C14H18N4O. The van der Waals surface area contributed by atoms with Crippen LogP contribution >= 0.6 is 0 Å². The summed E-state index contributed by atoms with van der Waals surface area (Å²) in [6.07, 6.45) is 1.71. The number of rotatable bonds is 4. The first-order valence-electron chi connectivity index (χ1n) is 6.18. The van der Waals surface area contributed by atoms with Gasteiger partial charge in [-0.2, -0.15) is 5.10 Å². The second-order valence-electron chi connectivity index (χ2n) is 4.47. The second-order valence-corrected chi connectivity index (χ2v) is 4.47. The van der Waals surface area contributed by atoms with Crippen LogP contribution in [-0.4, -0.2) is 22.2 Å². The lowest BCUT2D eigenvalue weighted by molar-refractivity contribution is 0.0937. The highest BCUT2D eigenvalue weighted by Gasteiger charge is 2.17. The van der Waals surface area contributed by atoms with Crippen LogP contribution in [0.15, 0.2) is 36.5 Å². The number of nitrogens with two attached hydrogens (primary N) is 1. The molecule has 19 heavy (non-hydrogen) atoms. The highest BCUT2D eigenvalue weighted by atomic mass is 16.1. The SMILES string of the molecule is Cc1nn(C)cc1C(=O)NC(CN)c1ccccc1. The molecule has 0 bridgehead atoms. The van der Waals surface area contributed by atoms with Gasteiger partial charge in [0.05, 0.1) is 17.3 Å². The highest BCUT2D eigenvalue weighted by Crippen LogP contribution is 2.13. The minimum atomic E-state index is -0.187. The quantitative estimate of drug-likeness (QED) is 0.864. The lowest BCUT2D eigenvalue weighted by atomic mass is 10.1. The van der Waals surface area contributed by atoms with Crippen molar-refractivity contribution in [2.45, 2.75) is 13.0 Å². The van der Waals surface area contributed by atoms with Crippen LogP contribution in [0.2, 0.25) is 0 Å². The molecule has 1 amide bonds. The molecule has 1 aromatic carbocycles. The second kappa shape index (κ2) is 5.67. The molecule has 0 saturated carbocycles. The van der Waals surface area contributed by atoms with E-state index in [1.807, 2.05) is 37.3 Å². The molecule has 0 aliphatic heterocycles. The van der Waals surface area contributed by atoms with E-state index in [0.717, 1.165) is 5.56 Å². The molecule has 1 aromatic heterocycles. The summed E-state index contributed by atoms with van der Waals surface area (Å²) in [5.41, 5.74) is 8.03. The Hall–Kier alpha value is -2.14. The first-order valence-corrected chi connectivity index (χ1v) is 6.18. The maximum Gasteiger partial charge on any atom is 0.255 e. The van der Waals surface area contributed by atoms with E-state index in [1.165, 1.54) is 0 Å². The number of amides is 1. The van der Waals surface area contributed by atoms with E-state index in [0.29, 0.717) is 17.8 Å². The molecule has 0 saturated heterocycles. The molecular weight excluding hydrogens is 240 g/mol. The number of hydrogen-bond acceptors (Lipinski definition) is 3. The van der Waals surface area contributed by atoms with E-state index >= 15 is 0 Å². The number of aromatic nitrogens is 2. The topological polar surface area (TPSA) is 72.9 Å². The van der Waals surface area contributed by atoms with E-state index in [-0.39, 0.29) is 11.9 Å². The third-order valence-electron chi connectivity index (χ3n) is 3.00. The summed E-state index contributed by atoms with van der Waals surface area (Å²) in [5, 5.41) is 7.10. The molecule has 0 aliphatic carbocycles. The van der Waals surface area contributed by atoms with Gasteiger partial charge in [0.15, 0.2) is 0 Å². The molecule has 0 aliphatic rings. The van der Waals surface area contributed by atoms with E-state index in [1.54, 1.807) is 17.9 Å². The van der Waals surface area contributed by atoms with Crippen LogP contribution in [0.25, 0.3) is 0 Å². The zero-order chi connectivity index (χ0) is 13.8. The van der Waals surface area contributed by atoms with Crippen molar-refractivity contribution in [1.29, 1.82) is 0 Å². The molecule has 0 spiro atoms. The first kappa shape index (κ1) is 13.3. The van der Waals surface area contributed by atoms with Gasteiger partial charge < -0.3 is 11.1 Å². The third-order valence-corrected chi connectivity index (χ3v) is 3.00. The summed E-state index contributed by atoms with van der Waals surface area (Å²) in [5.74, 6) is -0.148. The van der Waals surface area contributed by atoms with Crippen LogP contribution in [0.5, 0.6) is 0 Å². The van der Waals surface area contributed by atoms with Crippen LogP contribution in [0.4, 0.5) is 0 Å². The van der Waals surface area contributed by atoms with Gasteiger partial charge in [0.2, 0.25) is 0 Å². The number of nitrogens with one attached hydrogen (secondary N) is 1. The van der Waals surface area contributed by atoms with Crippen molar-refractivity contribution in [2.24, 2.45) is 12.8 Å². The minimum absolute atomic E-state index is 0.148. The fourth-order valence-electron chi connectivity index (χ4n) is 2.02. The Bertz CT molecular complexity index is 562. The Morgan fingerprint density at radius 2 is 2.11 bits per heavy atom. The minimum Gasteiger partial charge on any atom is -0.344 e. The first-order chi connectivity index (χ1) is 9.11. The Labute approximate surface area is 112 Å². The van der Waals surface area contributed by atoms with Crippen LogP contribution < -0.4 is 11.1 Å². The van der Waals surface area contributed by atoms with Gasteiger partial charge in [-0.3, -0.25) is 9.48 Å². The Kier molecular flexibility index (Phi) is 3.97. The van der Waals surface area contributed by atoms with Crippen molar-refractivity contribution in [3.63, 3.8) is 0 Å². The van der Waals surface area contributed by atoms with Crippen molar-refractivity contribution in [3.05, 3.63) is 53.3 Å². The lowest BCUT2D eigenvalue weighted by Crippen LogP contribution is -2.33. The zero-order valence-electron chi connectivity index (χ0n) is 11.1. The van der Waals surface area contributed by atoms with Gasteiger partial charge in [-0.15, -0.1) is 0 Å². The summed E-state index contributed by atoms with van der Waals surface area (Å²) in [6, 6.07) is 9.51. The number of nitrogens with zero attached hydrogens (tertiary/aromatic N) is 2. The standard InChI is InChI=1S/C14H18N4O/c1-10-12(9-18(2)17-10)14(19)16-13(8-15)11-6-4-3-5-7-11/h3-7,9,13H,8,15H2,1-2H3,(H,16,19). The fraction of sp³-hybridized carbons (Fsp3) is 0.286. The Morgan fingerprint density at radius 1 is 1.42 bits per heavy atom. The average molecular weight is 258 g/mol. The van der Waals surface area contributed by atoms with Crippen molar-refractivity contribution in [2.75, 3.05) is 6.54 Å². The largest absolute Gasteiger partial charge is 0.344 e. The van der Waals surface area contributed by atoms with E-state index in [4.69, 9.17) is 5.73 Å². The molecule has 2 aromatic rings. The summed E-state index contributed by atoms with van der Waals surface area (Å²) in [4.78, 5) is 12.2. The summed E-state index contributed by atoms with van der Waals surface area (Å²) in [7, 11) is 1.79. The number of carbonyl (C=O) groups is 1. The molecule has 5 heteroatoms. The maximum atomic E-state index is 12.2. The van der Waals surface area contributed by atoms with Gasteiger partial charge in [0.25, 0.3) is 5.91 Å². The van der Waals surface area contributed by atoms with Gasteiger partial charge in [-0.1, -0.05) is 30.3 Å². The van der Waals surface area contributed by atoms with Gasteiger partial charge in [0, 0.05) is 19.8 Å². The van der Waals surface area contributed by atoms with Crippen LogP contribution in [0.1, 0.15) is 27.7 Å². The molecule has 5 nitrogen and oxygen atoms in total. The third kappa shape index (κ3) is 3.00. The van der Waals surface area contributed by atoms with Crippen LogP contribution in [0.3, 0.4) is 0 Å². The van der Waals surface area contributed by atoms with Gasteiger partial charge in [0.1, 0.15) is 0 Å². The van der Waals surface area contributed by atoms with Crippen LogP contribution in [-0.2, 0) is 7.05 Å². The van der Waals surface area contributed by atoms with Crippen LogP contribution in [0, 0.1) is 6.92 Å². The average Bonchev–Trinajstić information content (AvgIpc) is 2.76. The molecule has 2 rings (SSSR count). The van der Waals surface area contributed by atoms with Gasteiger partial charge in [-0.25, -0.2) is 0 Å². The van der Waals surface area contributed by atoms with Crippen molar-refractivity contribution >= 4 is 5.91 Å². The number of carbonyl (C=O) groups excluding carboxylic acids is 1. The van der Waals surface area contributed by atoms with Crippen molar-refractivity contribution in [1.82, 2.24) is 15.1 Å². The molecule has 100 valence electrons. The lowest BCUT2D eigenvalue weighted by Gasteiger charge is -2.16. The zero-order valence-corrected chi connectivity index (χ0v) is 11.1. The van der Waals surface area contributed by atoms with E-state index in [2.05, 4.69) is 10.4 Å². The predicted molar refractivity (Wildman–Crippen MR) is 73.6 cm³/mol. The van der Waals surface area contributed by atoms with Crippen molar-refractivity contribution in [3.8, 4) is 0 Å². The molecule has 0 fully saturated rings. The van der Waals surface area contributed by atoms with E-state index < -0.39 is 0 Å². The Balaban J connectivity index is 2.15. The number of benzene rings is 1. The molecule has 1 atom stereocenters. The molecule has 3 N–H and O–H groups in total. The number of hydrogen-bond donors (Lipinski definition) is 2. The highest BCUT2D eigenvalue weighted by molar-refractivity contribution is 5.95. The normalized spacial score (nSPS) is 12.2. The summed E-state index contributed by atoms with van der Waals surface area (Å²) in [6.45, 7) is 2.17. The monoisotopic (exact) mass is 258 g/mol. The molecule has 1 unspecified atom stereocenters. The maximum absolute atomic E-state index is 12.2. The smallest absolute Gasteiger partial charge is 0.255 e. The summed E-state index contributed by atoms with van der Waals surface area (Å²) < 4.78 is 1.63. The van der Waals surface area contributed by atoms with Gasteiger partial charge in [-0.05, 0) is 12.5 Å². The van der Waals surface area contributed by atoms with E-state index in [9.17, 15) is 4.79 Å². The van der Waals surface area contributed by atoms with Gasteiger partial charge >= 0.3 is 0 Å². The number of aryl methyl sites for hydroxylation is 2. The Morgan fingerprint density at radius 3 is 2.63 bits per heavy atom.